The minimum absolute atomic E-state index is 0.0180. The molecule has 2 aromatic heterocycles. The Kier molecular flexibility index (Phi) is 5.63. The van der Waals surface area contributed by atoms with Crippen molar-refractivity contribution in [1.29, 1.82) is 0 Å². The molecule has 0 spiro atoms. The van der Waals surface area contributed by atoms with Gasteiger partial charge in [-0.05, 0) is 39.2 Å². The number of amides is 1. The van der Waals surface area contributed by atoms with Crippen molar-refractivity contribution in [3.05, 3.63) is 36.0 Å². The number of anilines is 1. The first-order valence-corrected chi connectivity index (χ1v) is 8.93. The third-order valence-corrected chi connectivity index (χ3v) is 4.62. The van der Waals surface area contributed by atoms with E-state index in [0.29, 0.717) is 13.1 Å². The molecule has 1 saturated heterocycles. The van der Waals surface area contributed by atoms with E-state index >= 15 is 0 Å². The topological polar surface area (TPSA) is 75.9 Å². The van der Waals surface area contributed by atoms with Crippen LogP contribution in [0.3, 0.4) is 0 Å². The van der Waals surface area contributed by atoms with Crippen molar-refractivity contribution in [3.8, 4) is 0 Å². The second-order valence-electron chi connectivity index (χ2n) is 6.64. The van der Waals surface area contributed by atoms with Gasteiger partial charge in [0.15, 0.2) is 0 Å². The Labute approximate surface area is 148 Å². The lowest BCUT2D eigenvalue weighted by atomic mass is 9.97. The number of nitrogens with zero attached hydrogens (tertiary/aromatic N) is 5. The largest absolute Gasteiger partial charge is 0.356 e. The predicted molar refractivity (Wildman–Crippen MR) is 96.3 cm³/mol. The number of rotatable bonds is 6. The SMILES string of the molecule is Cc1cc(C)n(CCCNC(=O)[C@@H]2CCCN(c3cnccn3)C2)n1. The standard InChI is InChI=1S/C18H26N6O/c1-14-11-15(2)24(22-14)10-4-6-21-18(25)16-5-3-9-23(13-16)17-12-19-7-8-20-17/h7-8,11-12,16H,3-6,9-10,13H2,1-2H3,(H,21,25)/t16-/m1/s1. The van der Waals surface area contributed by atoms with E-state index in [1.54, 1.807) is 18.6 Å². The van der Waals surface area contributed by atoms with Crippen molar-refractivity contribution in [2.24, 2.45) is 5.92 Å². The molecule has 7 heteroatoms. The van der Waals surface area contributed by atoms with Gasteiger partial charge < -0.3 is 10.2 Å². The Balaban J connectivity index is 1.44. The molecular formula is C18H26N6O. The Hall–Kier alpha value is -2.44. The first-order chi connectivity index (χ1) is 12.1. The molecule has 25 heavy (non-hydrogen) atoms. The molecule has 1 atom stereocenters. The van der Waals surface area contributed by atoms with Crippen LogP contribution in [0.4, 0.5) is 5.82 Å². The van der Waals surface area contributed by atoms with Crippen LogP contribution in [0.2, 0.25) is 0 Å². The van der Waals surface area contributed by atoms with Crippen LogP contribution in [0.15, 0.2) is 24.7 Å². The van der Waals surface area contributed by atoms with Gasteiger partial charge in [-0.25, -0.2) is 4.98 Å². The second-order valence-corrected chi connectivity index (χ2v) is 6.64. The molecule has 0 radical (unpaired) electrons. The maximum Gasteiger partial charge on any atom is 0.224 e. The highest BCUT2D eigenvalue weighted by atomic mass is 16.1. The number of carbonyl (C=O) groups excluding carboxylic acids is 1. The monoisotopic (exact) mass is 342 g/mol. The fourth-order valence-corrected chi connectivity index (χ4v) is 3.34. The van der Waals surface area contributed by atoms with E-state index in [2.05, 4.69) is 38.3 Å². The molecule has 1 aliphatic heterocycles. The fourth-order valence-electron chi connectivity index (χ4n) is 3.34. The zero-order valence-corrected chi connectivity index (χ0v) is 15.0. The minimum atomic E-state index is 0.0180. The summed E-state index contributed by atoms with van der Waals surface area (Å²) in [6.07, 6.45) is 7.93. The van der Waals surface area contributed by atoms with Gasteiger partial charge in [0.05, 0.1) is 17.8 Å². The summed E-state index contributed by atoms with van der Waals surface area (Å²) in [4.78, 5) is 23.1. The normalized spacial score (nSPS) is 17.5. The molecule has 2 aromatic rings. The van der Waals surface area contributed by atoms with Gasteiger partial charge >= 0.3 is 0 Å². The smallest absolute Gasteiger partial charge is 0.224 e. The second kappa shape index (κ2) is 8.09. The molecule has 0 aliphatic carbocycles. The van der Waals surface area contributed by atoms with Gasteiger partial charge in [-0.1, -0.05) is 0 Å². The van der Waals surface area contributed by atoms with Crippen LogP contribution in [-0.4, -0.2) is 45.3 Å². The van der Waals surface area contributed by atoms with Crippen LogP contribution in [0.1, 0.15) is 30.7 Å². The van der Waals surface area contributed by atoms with Crippen molar-refractivity contribution in [1.82, 2.24) is 25.1 Å². The average Bonchev–Trinajstić information content (AvgIpc) is 2.96. The van der Waals surface area contributed by atoms with Crippen molar-refractivity contribution in [2.45, 2.75) is 39.7 Å². The Morgan fingerprint density at radius 3 is 2.96 bits per heavy atom. The van der Waals surface area contributed by atoms with E-state index in [1.807, 2.05) is 11.6 Å². The minimum Gasteiger partial charge on any atom is -0.356 e. The first kappa shape index (κ1) is 17.4. The zero-order chi connectivity index (χ0) is 17.6. The van der Waals surface area contributed by atoms with Gasteiger partial charge in [0, 0.05) is 44.3 Å². The molecule has 134 valence electrons. The summed E-state index contributed by atoms with van der Waals surface area (Å²) < 4.78 is 2.00. The summed E-state index contributed by atoms with van der Waals surface area (Å²) in [7, 11) is 0. The number of hydrogen-bond acceptors (Lipinski definition) is 5. The quantitative estimate of drug-likeness (QED) is 0.809. The van der Waals surface area contributed by atoms with E-state index in [9.17, 15) is 4.79 Å². The lowest BCUT2D eigenvalue weighted by Crippen LogP contribution is -2.43. The fraction of sp³-hybridized carbons (Fsp3) is 0.556. The highest BCUT2D eigenvalue weighted by Gasteiger charge is 2.26. The highest BCUT2D eigenvalue weighted by molar-refractivity contribution is 5.79. The molecule has 7 nitrogen and oxygen atoms in total. The number of aromatic nitrogens is 4. The lowest BCUT2D eigenvalue weighted by Gasteiger charge is -2.32. The van der Waals surface area contributed by atoms with Crippen molar-refractivity contribution in [3.63, 3.8) is 0 Å². The van der Waals surface area contributed by atoms with Gasteiger partial charge in [0.25, 0.3) is 0 Å². The van der Waals surface area contributed by atoms with Crippen LogP contribution in [0.25, 0.3) is 0 Å². The number of hydrogen-bond donors (Lipinski definition) is 1. The summed E-state index contributed by atoms with van der Waals surface area (Å²) >= 11 is 0. The van der Waals surface area contributed by atoms with Crippen LogP contribution >= 0.6 is 0 Å². The summed E-state index contributed by atoms with van der Waals surface area (Å²) in [5.41, 5.74) is 2.20. The molecule has 0 aromatic carbocycles. The molecule has 0 saturated carbocycles. The van der Waals surface area contributed by atoms with Crippen LogP contribution in [0.5, 0.6) is 0 Å². The van der Waals surface area contributed by atoms with Crippen LogP contribution < -0.4 is 10.2 Å². The first-order valence-electron chi connectivity index (χ1n) is 8.93. The summed E-state index contributed by atoms with van der Waals surface area (Å²) in [6, 6.07) is 2.07. The van der Waals surface area contributed by atoms with E-state index < -0.39 is 0 Å². The third-order valence-electron chi connectivity index (χ3n) is 4.62. The predicted octanol–water partition coefficient (Wildman–Crippen LogP) is 1.71. The van der Waals surface area contributed by atoms with Crippen molar-refractivity contribution in [2.75, 3.05) is 24.5 Å². The van der Waals surface area contributed by atoms with Crippen molar-refractivity contribution >= 4 is 11.7 Å². The molecule has 0 unspecified atom stereocenters. The maximum atomic E-state index is 12.5. The van der Waals surface area contributed by atoms with Crippen LogP contribution in [-0.2, 0) is 11.3 Å². The number of carbonyl (C=O) groups is 1. The van der Waals surface area contributed by atoms with E-state index in [-0.39, 0.29) is 11.8 Å². The number of nitrogens with one attached hydrogen (secondary N) is 1. The van der Waals surface area contributed by atoms with Gasteiger partial charge in [-0.2, -0.15) is 5.10 Å². The summed E-state index contributed by atoms with van der Waals surface area (Å²) in [5, 5.41) is 7.52. The zero-order valence-electron chi connectivity index (χ0n) is 15.0. The number of aryl methyl sites for hydroxylation is 3. The summed E-state index contributed by atoms with van der Waals surface area (Å²) in [6.45, 7) is 7.20. The van der Waals surface area contributed by atoms with Crippen molar-refractivity contribution < 1.29 is 4.79 Å². The van der Waals surface area contributed by atoms with E-state index in [1.165, 1.54) is 0 Å². The maximum absolute atomic E-state index is 12.5. The van der Waals surface area contributed by atoms with Crippen LogP contribution in [0, 0.1) is 19.8 Å². The lowest BCUT2D eigenvalue weighted by molar-refractivity contribution is -0.125. The molecule has 1 aliphatic rings. The molecular weight excluding hydrogens is 316 g/mol. The Morgan fingerprint density at radius 1 is 1.36 bits per heavy atom. The van der Waals surface area contributed by atoms with E-state index in [4.69, 9.17) is 0 Å². The molecule has 1 amide bonds. The Bertz CT molecular complexity index is 699. The van der Waals surface area contributed by atoms with Gasteiger partial charge in [-0.15, -0.1) is 0 Å². The van der Waals surface area contributed by atoms with E-state index in [0.717, 1.165) is 49.6 Å². The molecule has 3 heterocycles. The van der Waals surface area contributed by atoms with Gasteiger partial charge in [-0.3, -0.25) is 14.5 Å². The van der Waals surface area contributed by atoms with Gasteiger partial charge in [0.2, 0.25) is 5.91 Å². The number of piperidine rings is 1. The molecule has 1 fully saturated rings. The summed E-state index contributed by atoms with van der Waals surface area (Å²) in [5.74, 6) is 1.01. The molecule has 3 rings (SSSR count). The molecule has 1 N–H and O–H groups in total. The Morgan fingerprint density at radius 2 is 2.24 bits per heavy atom. The molecule has 0 bridgehead atoms. The van der Waals surface area contributed by atoms with Gasteiger partial charge in [0.1, 0.15) is 5.82 Å². The average molecular weight is 342 g/mol. The third kappa shape index (κ3) is 4.55. The highest BCUT2D eigenvalue weighted by Crippen LogP contribution is 2.20.